The molecule has 0 saturated carbocycles. The molecule has 44 heavy (non-hydrogen) atoms. The highest BCUT2D eigenvalue weighted by Crippen LogP contribution is 2.41. The molecule has 0 spiro atoms. The van der Waals surface area contributed by atoms with Crippen LogP contribution in [0.25, 0.3) is 10.4 Å². The summed E-state index contributed by atoms with van der Waals surface area (Å²) in [7, 11) is 0. The number of rotatable bonds is 13. The van der Waals surface area contributed by atoms with Gasteiger partial charge < -0.3 is 4.90 Å². The second-order valence-corrected chi connectivity index (χ2v) is 11.6. The van der Waals surface area contributed by atoms with Crippen molar-refractivity contribution in [3.8, 4) is 0 Å². The minimum Gasteiger partial charge on any atom is -0.311 e. The smallest absolute Gasteiger partial charge is 0.137 e. The van der Waals surface area contributed by atoms with Crippen LogP contribution in [0.4, 0.5) is 17.1 Å². The molecule has 3 atom stereocenters. The molecule has 5 nitrogen and oxygen atoms in total. The lowest BCUT2D eigenvalue weighted by Crippen LogP contribution is -2.15. The van der Waals surface area contributed by atoms with E-state index in [4.69, 9.17) is 18.2 Å². The lowest BCUT2D eigenvalue weighted by Gasteiger charge is -2.27. The van der Waals surface area contributed by atoms with Gasteiger partial charge in [0, 0.05) is 33.1 Å². The number of azide groups is 1. The summed E-state index contributed by atoms with van der Waals surface area (Å²) in [5.74, 6) is 0.0328. The van der Waals surface area contributed by atoms with E-state index in [-0.39, 0.29) is 22.9 Å². The van der Waals surface area contributed by atoms with E-state index in [1.54, 1.807) is 6.92 Å². The van der Waals surface area contributed by atoms with Gasteiger partial charge in [0.25, 0.3) is 0 Å². The van der Waals surface area contributed by atoms with Crippen molar-refractivity contribution in [2.75, 3.05) is 4.90 Å². The molecule has 0 fully saturated rings. The summed E-state index contributed by atoms with van der Waals surface area (Å²) in [6.45, 7) is 1.99. The van der Waals surface area contributed by atoms with Crippen LogP contribution in [0.5, 0.6) is 0 Å². The second-order valence-electron chi connectivity index (χ2n) is 11.0. The van der Waals surface area contributed by atoms with Crippen LogP contribution < -0.4 is 4.90 Å². The van der Waals surface area contributed by atoms with Gasteiger partial charge in [0.1, 0.15) is 5.78 Å². The van der Waals surface area contributed by atoms with Crippen LogP contribution in [0.1, 0.15) is 59.1 Å². The predicted octanol–water partition coefficient (Wildman–Crippen LogP) is 10.9. The molecule has 0 heterocycles. The van der Waals surface area contributed by atoms with Gasteiger partial charge in [0.15, 0.2) is 0 Å². The molecule has 0 aliphatic carbocycles. The molecule has 0 aromatic heterocycles. The number of carbonyl (C=O) groups excluding carboxylic acids is 1. The molecule has 0 amide bonds. The minimum atomic E-state index is -0.211. The number of benzene rings is 5. The Morgan fingerprint density at radius 2 is 1.18 bits per heavy atom. The van der Waals surface area contributed by atoms with E-state index in [0.717, 1.165) is 45.7 Å². The van der Waals surface area contributed by atoms with Gasteiger partial charge in [-0.15, -0.1) is 0 Å². The highest BCUT2D eigenvalue weighted by Gasteiger charge is 2.25. The van der Waals surface area contributed by atoms with Gasteiger partial charge in [0.05, 0.1) is 6.54 Å². The Hall–Kier alpha value is -4.77. The molecular weight excluding hydrogens is 561 g/mol. The van der Waals surface area contributed by atoms with Crippen molar-refractivity contribution < 1.29 is 4.79 Å². The summed E-state index contributed by atoms with van der Waals surface area (Å²) < 4.78 is 0. The average Bonchev–Trinajstić information content (AvgIpc) is 3.07. The van der Waals surface area contributed by atoms with Crippen LogP contribution in [0.2, 0.25) is 0 Å². The molecule has 0 aliphatic rings. The zero-order valence-electron chi connectivity index (χ0n) is 24.8. The third kappa shape index (κ3) is 7.78. The van der Waals surface area contributed by atoms with Gasteiger partial charge in [-0.2, -0.15) is 12.6 Å². The largest absolute Gasteiger partial charge is 0.311 e. The summed E-state index contributed by atoms with van der Waals surface area (Å²) in [4.78, 5) is 18.0. The molecule has 6 heteroatoms. The molecule has 0 N–H and O–H groups in total. The normalized spacial score (nSPS) is 12.9. The molecule has 0 bridgehead atoms. The topological polar surface area (TPSA) is 69.1 Å². The molecular formula is C38H36N4OS. The fraction of sp³-hybridized carbons (Fsp3) is 0.184. The van der Waals surface area contributed by atoms with Crippen LogP contribution in [-0.4, -0.2) is 5.78 Å². The Balaban J connectivity index is 1.42. The number of ketones is 1. The molecule has 5 aromatic carbocycles. The Morgan fingerprint density at radius 3 is 1.70 bits per heavy atom. The molecule has 220 valence electrons. The molecule has 0 saturated heterocycles. The van der Waals surface area contributed by atoms with Crippen LogP contribution >= 0.6 is 12.6 Å². The SMILES string of the molecule is CC(=O)C(CC(CC(S)c1ccc(N(c2ccccc2)c2ccccc2)cc1)c1ccc(CN=[N+]=[N-])cc1)c1ccccc1. The second kappa shape index (κ2) is 15.1. The fourth-order valence-corrected chi connectivity index (χ4v) is 6.16. The first-order valence-corrected chi connectivity index (χ1v) is 15.4. The lowest BCUT2D eigenvalue weighted by molar-refractivity contribution is -0.118. The third-order valence-electron chi connectivity index (χ3n) is 8.05. The number of Topliss-reactive ketones (excluding diaryl/α,β-unsaturated/α-hetero) is 1. The first kappa shape index (κ1) is 30.7. The maximum Gasteiger partial charge on any atom is 0.137 e. The number of hydrogen-bond donors (Lipinski definition) is 1. The zero-order chi connectivity index (χ0) is 30.7. The van der Waals surface area contributed by atoms with Crippen molar-refractivity contribution in [3.05, 3.63) is 172 Å². The number of nitrogens with zero attached hydrogens (tertiary/aromatic N) is 4. The highest BCUT2D eigenvalue weighted by atomic mass is 32.1. The summed E-state index contributed by atoms with van der Waals surface area (Å²) in [6, 6.07) is 47.6. The van der Waals surface area contributed by atoms with Gasteiger partial charge in [-0.05, 0) is 89.9 Å². The molecule has 5 aromatic rings. The van der Waals surface area contributed by atoms with Crippen molar-refractivity contribution >= 4 is 35.5 Å². The van der Waals surface area contributed by atoms with Crippen LogP contribution in [-0.2, 0) is 11.3 Å². The van der Waals surface area contributed by atoms with Gasteiger partial charge >= 0.3 is 0 Å². The molecule has 0 radical (unpaired) electrons. The van der Waals surface area contributed by atoms with Gasteiger partial charge in [-0.3, -0.25) is 4.79 Å². The van der Waals surface area contributed by atoms with Gasteiger partial charge in [-0.1, -0.05) is 108 Å². The van der Waals surface area contributed by atoms with Crippen molar-refractivity contribution in [2.24, 2.45) is 5.11 Å². The van der Waals surface area contributed by atoms with E-state index in [2.05, 4.69) is 99.9 Å². The van der Waals surface area contributed by atoms with E-state index in [9.17, 15) is 4.79 Å². The van der Waals surface area contributed by atoms with E-state index in [1.165, 1.54) is 0 Å². The Bertz CT molecular complexity index is 1630. The number of anilines is 3. The maximum absolute atomic E-state index is 12.9. The van der Waals surface area contributed by atoms with E-state index >= 15 is 0 Å². The summed E-state index contributed by atoms with van der Waals surface area (Å²) in [5.41, 5.74) is 16.2. The highest BCUT2D eigenvalue weighted by molar-refractivity contribution is 7.80. The van der Waals surface area contributed by atoms with Gasteiger partial charge in [-0.25, -0.2) is 0 Å². The third-order valence-corrected chi connectivity index (χ3v) is 8.56. The number of para-hydroxylation sites is 2. The monoisotopic (exact) mass is 596 g/mol. The first-order valence-electron chi connectivity index (χ1n) is 14.9. The Morgan fingerprint density at radius 1 is 0.682 bits per heavy atom. The predicted molar refractivity (Wildman–Crippen MR) is 184 cm³/mol. The van der Waals surface area contributed by atoms with Crippen molar-refractivity contribution in [1.82, 2.24) is 0 Å². The van der Waals surface area contributed by atoms with E-state index < -0.39 is 0 Å². The van der Waals surface area contributed by atoms with Crippen molar-refractivity contribution in [2.45, 2.75) is 43.4 Å². The van der Waals surface area contributed by atoms with E-state index in [1.807, 2.05) is 54.6 Å². The van der Waals surface area contributed by atoms with Crippen molar-refractivity contribution in [3.63, 3.8) is 0 Å². The number of thiol groups is 1. The van der Waals surface area contributed by atoms with Crippen LogP contribution in [0.15, 0.2) is 145 Å². The van der Waals surface area contributed by atoms with E-state index in [0.29, 0.717) is 13.0 Å². The van der Waals surface area contributed by atoms with Crippen LogP contribution in [0, 0.1) is 0 Å². The molecule has 5 rings (SSSR count). The first-order chi connectivity index (χ1) is 21.5. The average molecular weight is 597 g/mol. The van der Waals surface area contributed by atoms with Gasteiger partial charge in [0.2, 0.25) is 0 Å². The Kier molecular flexibility index (Phi) is 10.5. The maximum atomic E-state index is 12.9. The summed E-state index contributed by atoms with van der Waals surface area (Å²) >= 11 is 5.11. The van der Waals surface area contributed by atoms with Crippen LogP contribution in [0.3, 0.4) is 0 Å². The Labute approximate surface area is 265 Å². The summed E-state index contributed by atoms with van der Waals surface area (Å²) in [6.07, 6.45) is 1.44. The minimum absolute atomic E-state index is 0.0396. The molecule has 0 aliphatic heterocycles. The quantitative estimate of drug-likeness (QED) is 0.0636. The molecule has 3 unspecified atom stereocenters. The number of carbonyl (C=O) groups is 1. The lowest BCUT2D eigenvalue weighted by atomic mass is 9.80. The zero-order valence-corrected chi connectivity index (χ0v) is 25.7. The summed E-state index contributed by atoms with van der Waals surface area (Å²) in [5, 5.41) is 3.65. The van der Waals surface area contributed by atoms with Crippen molar-refractivity contribution in [1.29, 1.82) is 0 Å². The standard InChI is InChI=1S/C38H36N4OS/c1-28(43)37(31-11-5-2-6-12-31)25-33(30-19-17-29(18-20-30)27-40-41-39)26-38(44)32-21-23-36(24-22-32)42(34-13-7-3-8-14-34)35-15-9-4-10-16-35/h2-24,33,37-38,44H,25-27H2,1H3. The number of hydrogen-bond acceptors (Lipinski definition) is 4. The fourth-order valence-electron chi connectivity index (χ4n) is 5.74.